The second-order valence-corrected chi connectivity index (χ2v) is 6.17. The van der Waals surface area contributed by atoms with Gasteiger partial charge < -0.3 is 5.11 Å². The van der Waals surface area contributed by atoms with Gasteiger partial charge in [-0.05, 0) is 35.0 Å². The molecule has 0 fully saturated rings. The second-order valence-electron chi connectivity index (χ2n) is 3.70. The molecule has 2 rings (SSSR count). The van der Waals surface area contributed by atoms with E-state index in [1.807, 2.05) is 19.1 Å². The fourth-order valence-electron chi connectivity index (χ4n) is 1.82. The third-order valence-corrected chi connectivity index (χ3v) is 4.12. The van der Waals surface area contributed by atoms with E-state index >= 15 is 0 Å². The summed E-state index contributed by atoms with van der Waals surface area (Å²) in [4.78, 5) is 11.9. The van der Waals surface area contributed by atoms with Gasteiger partial charge in [-0.3, -0.25) is 9.48 Å². The van der Waals surface area contributed by atoms with Gasteiger partial charge in [-0.1, -0.05) is 0 Å². The van der Waals surface area contributed by atoms with Gasteiger partial charge in [-0.2, -0.15) is 5.10 Å². The average molecular weight is 315 g/mol. The SMILES string of the molecule is Cc1nn(C)c(CC(=O)O)c1-c1ccc(Br)s1. The zero-order valence-corrected chi connectivity index (χ0v) is 11.8. The van der Waals surface area contributed by atoms with Gasteiger partial charge in [0.05, 0.1) is 21.6 Å². The Hall–Kier alpha value is -1.14. The third-order valence-electron chi connectivity index (χ3n) is 2.48. The number of carboxylic acid groups (broad SMARTS) is 1. The van der Waals surface area contributed by atoms with E-state index in [1.165, 1.54) is 0 Å². The zero-order valence-electron chi connectivity index (χ0n) is 9.40. The topological polar surface area (TPSA) is 55.1 Å². The number of carbonyl (C=O) groups is 1. The Kier molecular flexibility index (Phi) is 3.35. The van der Waals surface area contributed by atoms with E-state index < -0.39 is 5.97 Å². The van der Waals surface area contributed by atoms with Gasteiger partial charge in [0.1, 0.15) is 0 Å². The van der Waals surface area contributed by atoms with E-state index in [0.29, 0.717) is 0 Å². The van der Waals surface area contributed by atoms with E-state index in [4.69, 9.17) is 5.11 Å². The number of hydrogen-bond donors (Lipinski definition) is 1. The summed E-state index contributed by atoms with van der Waals surface area (Å²) in [5, 5.41) is 13.2. The number of rotatable bonds is 3. The lowest BCUT2D eigenvalue weighted by molar-refractivity contribution is -0.136. The number of halogens is 1. The molecule has 17 heavy (non-hydrogen) atoms. The minimum Gasteiger partial charge on any atom is -0.481 e. The highest BCUT2D eigenvalue weighted by Crippen LogP contribution is 2.35. The first kappa shape index (κ1) is 12.3. The van der Waals surface area contributed by atoms with Crippen LogP contribution in [0.3, 0.4) is 0 Å². The maximum absolute atomic E-state index is 10.9. The number of hydrogen-bond acceptors (Lipinski definition) is 3. The fourth-order valence-corrected chi connectivity index (χ4v) is 3.33. The molecule has 0 bridgehead atoms. The van der Waals surface area contributed by atoms with Crippen LogP contribution in [0.5, 0.6) is 0 Å². The minimum absolute atomic E-state index is 0.0117. The molecular weight excluding hydrogens is 304 g/mol. The number of nitrogens with zero attached hydrogens (tertiary/aromatic N) is 2. The minimum atomic E-state index is -0.843. The summed E-state index contributed by atoms with van der Waals surface area (Å²) in [6.07, 6.45) is -0.0117. The smallest absolute Gasteiger partial charge is 0.309 e. The molecule has 1 N–H and O–H groups in total. The Balaban J connectivity index is 2.55. The van der Waals surface area contributed by atoms with Crippen molar-refractivity contribution in [3.63, 3.8) is 0 Å². The summed E-state index contributed by atoms with van der Waals surface area (Å²) in [6.45, 7) is 1.90. The number of aryl methyl sites for hydroxylation is 2. The first-order valence-electron chi connectivity index (χ1n) is 4.99. The maximum Gasteiger partial charge on any atom is 0.309 e. The molecule has 2 aromatic heterocycles. The van der Waals surface area contributed by atoms with Gasteiger partial charge in [0.15, 0.2) is 0 Å². The highest BCUT2D eigenvalue weighted by atomic mass is 79.9. The Morgan fingerprint density at radius 2 is 2.29 bits per heavy atom. The van der Waals surface area contributed by atoms with Crippen LogP contribution in [0, 0.1) is 6.92 Å². The summed E-state index contributed by atoms with van der Waals surface area (Å²) in [7, 11) is 1.78. The summed E-state index contributed by atoms with van der Waals surface area (Å²) in [6, 6.07) is 3.93. The maximum atomic E-state index is 10.9. The van der Waals surface area contributed by atoms with Gasteiger partial charge in [-0.25, -0.2) is 0 Å². The first-order chi connectivity index (χ1) is 7.99. The van der Waals surface area contributed by atoms with Crippen LogP contribution in [-0.4, -0.2) is 20.9 Å². The summed E-state index contributed by atoms with van der Waals surface area (Å²) < 4.78 is 2.67. The predicted octanol–water partition coefficient (Wildman–Crippen LogP) is 2.85. The molecule has 0 spiro atoms. The van der Waals surface area contributed by atoms with E-state index in [0.717, 1.165) is 25.6 Å². The summed E-state index contributed by atoms with van der Waals surface area (Å²) >= 11 is 4.99. The van der Waals surface area contributed by atoms with Crippen LogP contribution in [0.4, 0.5) is 0 Å². The lowest BCUT2D eigenvalue weighted by Gasteiger charge is -2.01. The van der Waals surface area contributed by atoms with Gasteiger partial charge in [0.25, 0.3) is 0 Å². The van der Waals surface area contributed by atoms with Crippen LogP contribution in [-0.2, 0) is 18.3 Å². The Bertz CT molecular complexity index is 574. The van der Waals surface area contributed by atoms with Crippen molar-refractivity contribution < 1.29 is 9.90 Å². The van der Waals surface area contributed by atoms with Crippen LogP contribution in [0.2, 0.25) is 0 Å². The predicted molar refractivity (Wildman–Crippen MR) is 70.3 cm³/mol. The van der Waals surface area contributed by atoms with Gasteiger partial charge in [0.2, 0.25) is 0 Å². The molecule has 0 unspecified atom stereocenters. The van der Waals surface area contributed by atoms with Crippen LogP contribution < -0.4 is 0 Å². The molecule has 0 saturated carbocycles. The molecule has 0 aliphatic carbocycles. The molecule has 4 nitrogen and oxygen atoms in total. The van der Waals surface area contributed by atoms with Crippen molar-refractivity contribution in [3.05, 3.63) is 27.3 Å². The molecule has 2 heterocycles. The Morgan fingerprint density at radius 1 is 1.59 bits per heavy atom. The fraction of sp³-hybridized carbons (Fsp3) is 0.273. The highest BCUT2D eigenvalue weighted by molar-refractivity contribution is 9.11. The van der Waals surface area contributed by atoms with Crippen molar-refractivity contribution in [1.82, 2.24) is 9.78 Å². The summed E-state index contributed by atoms with van der Waals surface area (Å²) in [5.74, 6) is -0.843. The number of carboxylic acids is 1. The third kappa shape index (κ3) is 2.42. The molecule has 90 valence electrons. The standard InChI is InChI=1S/C11H11BrN2O2S/c1-6-11(8-3-4-9(12)17-8)7(5-10(15)16)14(2)13-6/h3-4H,5H2,1-2H3,(H,15,16). The highest BCUT2D eigenvalue weighted by Gasteiger charge is 2.18. The molecule has 2 aromatic rings. The van der Waals surface area contributed by atoms with Crippen molar-refractivity contribution in [3.8, 4) is 10.4 Å². The molecule has 0 aliphatic rings. The van der Waals surface area contributed by atoms with Gasteiger partial charge >= 0.3 is 5.97 Å². The van der Waals surface area contributed by atoms with Crippen LogP contribution in [0.25, 0.3) is 10.4 Å². The molecule has 0 radical (unpaired) electrons. The van der Waals surface area contributed by atoms with E-state index in [2.05, 4.69) is 21.0 Å². The zero-order chi connectivity index (χ0) is 12.6. The van der Waals surface area contributed by atoms with Crippen molar-refractivity contribution in [2.24, 2.45) is 7.05 Å². The first-order valence-corrected chi connectivity index (χ1v) is 6.60. The van der Waals surface area contributed by atoms with Crippen LogP contribution in [0.15, 0.2) is 15.9 Å². The lowest BCUT2D eigenvalue weighted by Crippen LogP contribution is -2.06. The van der Waals surface area contributed by atoms with Crippen molar-refractivity contribution in [1.29, 1.82) is 0 Å². The second kappa shape index (κ2) is 4.62. The molecular formula is C11H11BrN2O2S. The molecule has 0 atom stereocenters. The average Bonchev–Trinajstić information content (AvgIpc) is 2.72. The van der Waals surface area contributed by atoms with Crippen molar-refractivity contribution >= 4 is 33.2 Å². The molecule has 0 aromatic carbocycles. The van der Waals surface area contributed by atoms with E-state index in [1.54, 1.807) is 23.1 Å². The number of aromatic nitrogens is 2. The van der Waals surface area contributed by atoms with Crippen LogP contribution in [0.1, 0.15) is 11.4 Å². The van der Waals surface area contributed by atoms with Crippen molar-refractivity contribution in [2.75, 3.05) is 0 Å². The molecule has 0 saturated heterocycles. The Labute approximate surface area is 111 Å². The number of aliphatic carboxylic acids is 1. The largest absolute Gasteiger partial charge is 0.481 e. The summed E-state index contributed by atoms with van der Waals surface area (Å²) in [5.41, 5.74) is 2.54. The van der Waals surface area contributed by atoms with Crippen molar-refractivity contribution in [2.45, 2.75) is 13.3 Å². The normalized spacial score (nSPS) is 10.8. The van der Waals surface area contributed by atoms with Gasteiger partial charge in [-0.15, -0.1) is 11.3 Å². The molecule has 0 aliphatic heterocycles. The monoisotopic (exact) mass is 314 g/mol. The Morgan fingerprint density at radius 3 is 2.82 bits per heavy atom. The lowest BCUT2D eigenvalue weighted by atomic mass is 10.1. The van der Waals surface area contributed by atoms with Crippen LogP contribution >= 0.6 is 27.3 Å². The van der Waals surface area contributed by atoms with E-state index in [-0.39, 0.29) is 6.42 Å². The molecule has 6 heteroatoms. The van der Waals surface area contributed by atoms with Gasteiger partial charge in [0, 0.05) is 17.5 Å². The quantitative estimate of drug-likeness (QED) is 0.947. The number of thiophene rings is 1. The molecule has 0 amide bonds. The van der Waals surface area contributed by atoms with E-state index in [9.17, 15) is 4.79 Å².